The van der Waals surface area contributed by atoms with Gasteiger partial charge >= 0.3 is 0 Å². The molecular weight excluding hydrogens is 269 g/mol. The zero-order valence-corrected chi connectivity index (χ0v) is 11.0. The molecule has 0 spiro atoms. The van der Waals surface area contributed by atoms with Crippen molar-refractivity contribution >= 4 is 11.6 Å². The van der Waals surface area contributed by atoms with E-state index in [1.54, 1.807) is 24.0 Å². The lowest BCUT2D eigenvalue weighted by Crippen LogP contribution is -1.98. The van der Waals surface area contributed by atoms with Crippen LogP contribution in [0, 0.1) is 17.7 Å². The Morgan fingerprint density at radius 3 is 3.00 bits per heavy atom. The minimum absolute atomic E-state index is 0.132. The number of aromatic nitrogens is 3. The van der Waals surface area contributed by atoms with Crippen molar-refractivity contribution in [3.8, 4) is 17.6 Å². The predicted octanol–water partition coefficient (Wildman–Crippen LogP) is 2.12. The highest BCUT2D eigenvalue weighted by molar-refractivity contribution is 6.19. The lowest BCUT2D eigenvalue weighted by Gasteiger charge is -2.05. The van der Waals surface area contributed by atoms with Crippen LogP contribution in [0.15, 0.2) is 24.4 Å². The molecule has 0 saturated carbocycles. The van der Waals surface area contributed by atoms with Gasteiger partial charge < -0.3 is 4.74 Å². The number of rotatable bonds is 3. The van der Waals surface area contributed by atoms with Crippen LogP contribution in [-0.2, 0) is 13.7 Å². The fraction of sp³-hybridized carbons (Fsp3) is 0.231. The average Bonchev–Trinajstić information content (AvgIpc) is 2.82. The second-order valence-electron chi connectivity index (χ2n) is 3.75. The van der Waals surface area contributed by atoms with Crippen LogP contribution in [0.5, 0.6) is 5.75 Å². The largest absolute Gasteiger partial charge is 0.484 e. The van der Waals surface area contributed by atoms with Gasteiger partial charge in [-0.3, -0.25) is 4.68 Å². The van der Waals surface area contributed by atoms with Crippen LogP contribution in [0.1, 0.15) is 11.3 Å². The van der Waals surface area contributed by atoms with E-state index in [2.05, 4.69) is 22.2 Å². The molecule has 0 aliphatic carbocycles. The summed E-state index contributed by atoms with van der Waals surface area (Å²) in [4.78, 5) is 0. The summed E-state index contributed by atoms with van der Waals surface area (Å²) >= 11 is 5.47. The van der Waals surface area contributed by atoms with Crippen LogP contribution in [-0.4, -0.2) is 20.9 Å². The van der Waals surface area contributed by atoms with Gasteiger partial charge in [-0.1, -0.05) is 17.1 Å². The Balaban J connectivity index is 2.10. The van der Waals surface area contributed by atoms with E-state index in [9.17, 15) is 4.39 Å². The van der Waals surface area contributed by atoms with Crippen molar-refractivity contribution in [1.29, 1.82) is 0 Å². The molecule has 2 rings (SSSR count). The third kappa shape index (κ3) is 3.70. The van der Waals surface area contributed by atoms with Gasteiger partial charge in [0.1, 0.15) is 12.3 Å². The quantitative estimate of drug-likeness (QED) is 0.638. The summed E-state index contributed by atoms with van der Waals surface area (Å²) in [6.45, 7) is 0.150. The summed E-state index contributed by atoms with van der Waals surface area (Å²) in [6, 6.07) is 4.42. The van der Waals surface area contributed by atoms with Gasteiger partial charge in [0.05, 0.1) is 12.1 Å². The summed E-state index contributed by atoms with van der Waals surface area (Å²) in [5.41, 5.74) is 1.27. The van der Waals surface area contributed by atoms with Gasteiger partial charge in [-0.05, 0) is 18.2 Å². The molecule has 0 radical (unpaired) electrons. The first-order valence-corrected chi connectivity index (χ1v) is 6.05. The SMILES string of the molecule is Cn1cc(COc2cc(C#CCCl)ccc2F)nn1. The van der Waals surface area contributed by atoms with Gasteiger partial charge in [0.2, 0.25) is 0 Å². The smallest absolute Gasteiger partial charge is 0.165 e. The molecule has 2 aromatic rings. The first-order valence-electron chi connectivity index (χ1n) is 5.51. The highest BCUT2D eigenvalue weighted by Crippen LogP contribution is 2.19. The molecule has 4 nitrogen and oxygen atoms in total. The lowest BCUT2D eigenvalue weighted by molar-refractivity contribution is 0.285. The molecule has 19 heavy (non-hydrogen) atoms. The van der Waals surface area contributed by atoms with E-state index < -0.39 is 5.82 Å². The number of hydrogen-bond acceptors (Lipinski definition) is 3. The summed E-state index contributed by atoms with van der Waals surface area (Å²) < 4.78 is 20.5. The summed E-state index contributed by atoms with van der Waals surface area (Å²) in [6.07, 6.45) is 1.70. The fourth-order valence-corrected chi connectivity index (χ4v) is 1.51. The standard InChI is InChI=1S/C13H11ClFN3O/c1-18-8-11(16-17-18)9-19-13-7-10(3-2-6-14)4-5-12(13)15/h4-5,7-8H,6,9H2,1H3. The van der Waals surface area contributed by atoms with Crippen molar-refractivity contribution in [2.45, 2.75) is 6.61 Å². The Kier molecular flexibility index (Phi) is 4.37. The van der Waals surface area contributed by atoms with Gasteiger partial charge in [-0.15, -0.1) is 16.7 Å². The molecule has 0 aliphatic heterocycles. The molecule has 6 heteroatoms. The molecule has 0 atom stereocenters. The van der Waals surface area contributed by atoms with Gasteiger partial charge in [0.15, 0.2) is 11.6 Å². The highest BCUT2D eigenvalue weighted by Gasteiger charge is 2.06. The van der Waals surface area contributed by atoms with E-state index in [0.717, 1.165) is 0 Å². The van der Waals surface area contributed by atoms with Gasteiger partial charge in [-0.2, -0.15) is 0 Å². The van der Waals surface area contributed by atoms with Crippen molar-refractivity contribution in [3.05, 3.63) is 41.5 Å². The normalized spacial score (nSPS) is 9.84. The van der Waals surface area contributed by atoms with Crippen LogP contribution in [0.4, 0.5) is 4.39 Å². The summed E-state index contributed by atoms with van der Waals surface area (Å²) in [7, 11) is 1.75. The second-order valence-corrected chi connectivity index (χ2v) is 4.02. The lowest BCUT2D eigenvalue weighted by atomic mass is 10.2. The molecule has 1 heterocycles. The minimum Gasteiger partial charge on any atom is -0.484 e. The molecule has 1 aromatic heterocycles. The first kappa shape index (κ1) is 13.4. The Morgan fingerprint density at radius 1 is 1.47 bits per heavy atom. The van der Waals surface area contributed by atoms with Crippen molar-refractivity contribution in [1.82, 2.24) is 15.0 Å². The highest BCUT2D eigenvalue weighted by atomic mass is 35.5. The van der Waals surface area contributed by atoms with Gasteiger partial charge in [0.25, 0.3) is 0 Å². The zero-order valence-electron chi connectivity index (χ0n) is 10.2. The van der Waals surface area contributed by atoms with Crippen LogP contribution in [0.3, 0.4) is 0 Å². The van der Waals surface area contributed by atoms with Gasteiger partial charge in [0, 0.05) is 12.6 Å². The van der Waals surface area contributed by atoms with Crippen molar-refractivity contribution in [2.75, 3.05) is 5.88 Å². The number of alkyl halides is 1. The van der Waals surface area contributed by atoms with Crippen molar-refractivity contribution in [3.63, 3.8) is 0 Å². The van der Waals surface area contributed by atoms with E-state index in [-0.39, 0.29) is 18.2 Å². The molecule has 0 unspecified atom stereocenters. The molecule has 1 aromatic carbocycles. The van der Waals surface area contributed by atoms with Crippen LogP contribution >= 0.6 is 11.6 Å². The molecule has 0 N–H and O–H groups in total. The Bertz CT molecular complexity index is 630. The Morgan fingerprint density at radius 2 is 2.32 bits per heavy atom. The zero-order chi connectivity index (χ0) is 13.7. The predicted molar refractivity (Wildman–Crippen MR) is 69.3 cm³/mol. The maximum atomic E-state index is 13.6. The number of aryl methyl sites for hydroxylation is 1. The molecular formula is C13H11ClFN3O. The maximum absolute atomic E-state index is 13.6. The van der Waals surface area contributed by atoms with E-state index in [1.807, 2.05) is 0 Å². The molecule has 0 bridgehead atoms. The number of halogens is 2. The number of ether oxygens (including phenoxy) is 1. The molecule has 0 amide bonds. The average molecular weight is 280 g/mol. The molecule has 0 saturated heterocycles. The molecule has 0 fully saturated rings. The Labute approximate surface area is 115 Å². The van der Waals surface area contributed by atoms with E-state index in [0.29, 0.717) is 11.3 Å². The summed E-state index contributed by atoms with van der Waals surface area (Å²) in [5, 5.41) is 7.62. The minimum atomic E-state index is -0.444. The third-order valence-electron chi connectivity index (χ3n) is 2.26. The van der Waals surface area contributed by atoms with E-state index in [1.165, 1.54) is 12.1 Å². The van der Waals surface area contributed by atoms with Crippen molar-refractivity contribution < 1.29 is 9.13 Å². The van der Waals surface area contributed by atoms with Crippen molar-refractivity contribution in [2.24, 2.45) is 7.05 Å². The second kappa shape index (κ2) is 6.21. The maximum Gasteiger partial charge on any atom is 0.165 e. The number of benzene rings is 1. The van der Waals surface area contributed by atoms with E-state index in [4.69, 9.17) is 16.3 Å². The van der Waals surface area contributed by atoms with Crippen LogP contribution in [0.2, 0.25) is 0 Å². The first-order chi connectivity index (χ1) is 9.19. The Hall–Kier alpha value is -2.06. The fourth-order valence-electron chi connectivity index (χ4n) is 1.44. The number of hydrogen-bond donors (Lipinski definition) is 0. The molecule has 98 valence electrons. The van der Waals surface area contributed by atoms with E-state index >= 15 is 0 Å². The monoisotopic (exact) mass is 279 g/mol. The number of nitrogens with zero attached hydrogens (tertiary/aromatic N) is 3. The van der Waals surface area contributed by atoms with Gasteiger partial charge in [-0.25, -0.2) is 4.39 Å². The third-order valence-corrected chi connectivity index (χ3v) is 2.39. The molecule has 0 aliphatic rings. The summed E-state index contributed by atoms with van der Waals surface area (Å²) in [5.74, 6) is 5.42. The topological polar surface area (TPSA) is 39.9 Å². The van der Waals surface area contributed by atoms with Crippen LogP contribution in [0.25, 0.3) is 0 Å². The van der Waals surface area contributed by atoms with Crippen LogP contribution < -0.4 is 4.74 Å².